The lowest BCUT2D eigenvalue weighted by atomic mass is 10.1. The van der Waals surface area contributed by atoms with Crippen molar-refractivity contribution in [1.29, 1.82) is 0 Å². The number of rotatable bonds is 3. The molecular formula is C12H16ClNO. The summed E-state index contributed by atoms with van der Waals surface area (Å²) in [6, 6.07) is 9.80. The quantitative estimate of drug-likeness (QED) is 0.439. The Hall–Kier alpha value is -1.02. The minimum atomic E-state index is -0.286. The molecule has 0 aromatic heterocycles. The van der Waals surface area contributed by atoms with Crippen LogP contribution in [0.2, 0.25) is 0 Å². The summed E-state index contributed by atoms with van der Waals surface area (Å²) in [5, 5.41) is 4.07. The molecule has 0 amide bonds. The molecule has 0 N–H and O–H groups in total. The van der Waals surface area contributed by atoms with Crippen molar-refractivity contribution < 1.29 is 4.84 Å². The van der Waals surface area contributed by atoms with Gasteiger partial charge in [0.2, 0.25) is 0 Å². The molecule has 0 aliphatic rings. The van der Waals surface area contributed by atoms with E-state index in [1.807, 2.05) is 51.1 Å². The van der Waals surface area contributed by atoms with E-state index in [0.29, 0.717) is 5.88 Å². The third-order valence-electron chi connectivity index (χ3n) is 1.66. The molecule has 3 heteroatoms. The lowest BCUT2D eigenvalue weighted by Gasteiger charge is -2.16. The van der Waals surface area contributed by atoms with Crippen molar-refractivity contribution in [2.45, 2.75) is 26.4 Å². The van der Waals surface area contributed by atoms with Gasteiger partial charge >= 0.3 is 0 Å². The smallest absolute Gasteiger partial charge is 0.129 e. The SMILES string of the molecule is CC(C)(C)O/N=C(\CCl)c1ccccc1. The molecule has 1 aromatic carbocycles. The van der Waals surface area contributed by atoms with Crippen molar-refractivity contribution >= 4 is 17.3 Å². The zero-order valence-corrected chi connectivity index (χ0v) is 10.1. The highest BCUT2D eigenvalue weighted by molar-refractivity contribution is 6.31. The van der Waals surface area contributed by atoms with Crippen LogP contribution in [-0.2, 0) is 4.84 Å². The largest absolute Gasteiger partial charge is 0.390 e. The van der Waals surface area contributed by atoms with Crippen LogP contribution in [0.3, 0.4) is 0 Å². The maximum Gasteiger partial charge on any atom is 0.129 e. The fourth-order valence-corrected chi connectivity index (χ4v) is 1.18. The summed E-state index contributed by atoms with van der Waals surface area (Å²) < 4.78 is 0. The molecule has 0 fully saturated rings. The molecule has 82 valence electrons. The first-order valence-electron chi connectivity index (χ1n) is 4.89. The van der Waals surface area contributed by atoms with Gasteiger partial charge in [-0.3, -0.25) is 0 Å². The van der Waals surface area contributed by atoms with E-state index in [1.165, 1.54) is 0 Å². The first kappa shape index (κ1) is 12.1. The van der Waals surface area contributed by atoms with Gasteiger partial charge in [-0.15, -0.1) is 11.6 Å². The van der Waals surface area contributed by atoms with Crippen molar-refractivity contribution in [2.24, 2.45) is 5.16 Å². The van der Waals surface area contributed by atoms with E-state index in [9.17, 15) is 0 Å². The second kappa shape index (κ2) is 5.17. The first-order valence-corrected chi connectivity index (χ1v) is 5.43. The Kier molecular flexibility index (Phi) is 4.15. The molecule has 1 rings (SSSR count). The predicted octanol–water partition coefficient (Wildman–Crippen LogP) is 3.44. The highest BCUT2D eigenvalue weighted by Gasteiger charge is 2.11. The van der Waals surface area contributed by atoms with E-state index in [0.717, 1.165) is 11.3 Å². The van der Waals surface area contributed by atoms with Gasteiger partial charge in [0.25, 0.3) is 0 Å². The highest BCUT2D eigenvalue weighted by atomic mass is 35.5. The maximum atomic E-state index is 5.82. The van der Waals surface area contributed by atoms with Crippen LogP contribution in [0.4, 0.5) is 0 Å². The van der Waals surface area contributed by atoms with Crippen molar-refractivity contribution in [3.8, 4) is 0 Å². The van der Waals surface area contributed by atoms with E-state index < -0.39 is 0 Å². The van der Waals surface area contributed by atoms with Crippen LogP contribution in [0.15, 0.2) is 35.5 Å². The van der Waals surface area contributed by atoms with Crippen LogP contribution >= 0.6 is 11.6 Å². The molecule has 0 spiro atoms. The molecule has 0 aliphatic carbocycles. The summed E-state index contributed by atoms with van der Waals surface area (Å²) >= 11 is 5.82. The minimum Gasteiger partial charge on any atom is -0.390 e. The van der Waals surface area contributed by atoms with Crippen molar-refractivity contribution in [1.82, 2.24) is 0 Å². The zero-order valence-electron chi connectivity index (χ0n) is 9.33. The van der Waals surface area contributed by atoms with Crippen LogP contribution in [0, 0.1) is 0 Å². The average Bonchev–Trinajstić information content (AvgIpc) is 2.19. The lowest BCUT2D eigenvalue weighted by Crippen LogP contribution is -2.17. The van der Waals surface area contributed by atoms with Gasteiger partial charge in [0.1, 0.15) is 11.3 Å². The second-order valence-corrected chi connectivity index (χ2v) is 4.51. The van der Waals surface area contributed by atoms with Crippen molar-refractivity contribution in [3.05, 3.63) is 35.9 Å². The fraction of sp³-hybridized carbons (Fsp3) is 0.417. The predicted molar refractivity (Wildman–Crippen MR) is 64.5 cm³/mol. The summed E-state index contributed by atoms with van der Waals surface area (Å²) in [5.41, 5.74) is 1.47. The second-order valence-electron chi connectivity index (χ2n) is 4.24. The molecule has 0 heterocycles. The Morgan fingerprint density at radius 3 is 2.33 bits per heavy atom. The molecule has 0 aliphatic heterocycles. The number of nitrogens with zero attached hydrogens (tertiary/aromatic N) is 1. The van der Waals surface area contributed by atoms with E-state index in [4.69, 9.17) is 16.4 Å². The number of halogens is 1. The van der Waals surface area contributed by atoms with Crippen molar-refractivity contribution in [3.63, 3.8) is 0 Å². The number of alkyl halides is 1. The molecule has 1 aromatic rings. The molecule has 0 saturated heterocycles. The normalized spacial score (nSPS) is 12.7. The zero-order chi connectivity index (χ0) is 11.3. The molecule has 0 bridgehead atoms. The van der Waals surface area contributed by atoms with E-state index in [2.05, 4.69) is 5.16 Å². The molecule has 0 unspecified atom stereocenters. The van der Waals surface area contributed by atoms with E-state index in [1.54, 1.807) is 0 Å². The van der Waals surface area contributed by atoms with Crippen molar-refractivity contribution in [2.75, 3.05) is 5.88 Å². The van der Waals surface area contributed by atoms with Crippen LogP contribution in [-0.4, -0.2) is 17.2 Å². The van der Waals surface area contributed by atoms with Crippen LogP contribution < -0.4 is 0 Å². The van der Waals surface area contributed by atoms with Crippen LogP contribution in [0.5, 0.6) is 0 Å². The fourth-order valence-electron chi connectivity index (χ4n) is 0.977. The summed E-state index contributed by atoms with van der Waals surface area (Å²) in [7, 11) is 0. The summed E-state index contributed by atoms with van der Waals surface area (Å²) in [6.07, 6.45) is 0. The molecule has 0 radical (unpaired) electrons. The summed E-state index contributed by atoms with van der Waals surface area (Å²) in [6.45, 7) is 5.86. The Balaban J connectivity index is 2.81. The van der Waals surface area contributed by atoms with Crippen LogP contribution in [0.1, 0.15) is 26.3 Å². The Labute approximate surface area is 95.9 Å². The Bertz CT molecular complexity index is 327. The monoisotopic (exact) mass is 225 g/mol. The lowest BCUT2D eigenvalue weighted by molar-refractivity contribution is 0.000995. The van der Waals surface area contributed by atoms with E-state index in [-0.39, 0.29) is 5.60 Å². The first-order chi connectivity index (χ1) is 7.03. The molecule has 0 saturated carbocycles. The number of oxime groups is 1. The third-order valence-corrected chi connectivity index (χ3v) is 1.92. The van der Waals surface area contributed by atoms with Gasteiger partial charge in [0, 0.05) is 5.56 Å². The van der Waals surface area contributed by atoms with Gasteiger partial charge in [-0.2, -0.15) is 0 Å². The minimum absolute atomic E-state index is 0.286. The van der Waals surface area contributed by atoms with E-state index >= 15 is 0 Å². The molecule has 15 heavy (non-hydrogen) atoms. The van der Waals surface area contributed by atoms with Gasteiger partial charge in [0.05, 0.1) is 5.88 Å². The highest BCUT2D eigenvalue weighted by Crippen LogP contribution is 2.10. The van der Waals surface area contributed by atoms with Gasteiger partial charge in [-0.05, 0) is 20.8 Å². The summed E-state index contributed by atoms with van der Waals surface area (Å²) in [5.74, 6) is 0.347. The summed E-state index contributed by atoms with van der Waals surface area (Å²) in [4.78, 5) is 5.34. The third kappa shape index (κ3) is 4.34. The molecular weight excluding hydrogens is 210 g/mol. The van der Waals surface area contributed by atoms with Gasteiger partial charge in [-0.25, -0.2) is 0 Å². The van der Waals surface area contributed by atoms with Gasteiger partial charge in [0.15, 0.2) is 0 Å². The number of hydrogen-bond acceptors (Lipinski definition) is 2. The molecule has 2 nitrogen and oxygen atoms in total. The van der Waals surface area contributed by atoms with Gasteiger partial charge < -0.3 is 4.84 Å². The average molecular weight is 226 g/mol. The standard InChI is InChI=1S/C12H16ClNO/c1-12(2,3)15-14-11(9-13)10-7-5-4-6-8-10/h4-8H,9H2,1-3H3/b14-11+. The van der Waals surface area contributed by atoms with Crippen LogP contribution in [0.25, 0.3) is 0 Å². The maximum absolute atomic E-state index is 5.82. The number of hydrogen-bond donors (Lipinski definition) is 0. The van der Waals surface area contributed by atoms with Gasteiger partial charge in [-0.1, -0.05) is 35.5 Å². The topological polar surface area (TPSA) is 21.6 Å². The Morgan fingerprint density at radius 1 is 1.27 bits per heavy atom. The number of benzene rings is 1. The Morgan fingerprint density at radius 2 is 1.87 bits per heavy atom. The molecule has 0 atom stereocenters.